The average molecular weight is 459 g/mol. The van der Waals surface area contributed by atoms with E-state index in [0.29, 0.717) is 45.1 Å². The minimum atomic E-state index is -3.50. The molecule has 2 aromatic carbocycles. The molecule has 0 radical (unpaired) electrons. The SMILES string of the molecule is COc1ccc(C(NC(=O)CCc2ccc(S(=O)(=O)N3CCOCC3)cc2)C2CC2)cc1. The van der Waals surface area contributed by atoms with Gasteiger partial charge in [-0.1, -0.05) is 24.3 Å². The summed E-state index contributed by atoms with van der Waals surface area (Å²) >= 11 is 0. The molecule has 1 amide bonds. The summed E-state index contributed by atoms with van der Waals surface area (Å²) in [5.74, 6) is 1.29. The van der Waals surface area contributed by atoms with E-state index in [4.69, 9.17) is 9.47 Å². The summed E-state index contributed by atoms with van der Waals surface area (Å²) in [5.41, 5.74) is 2.04. The van der Waals surface area contributed by atoms with Crippen molar-refractivity contribution in [2.45, 2.75) is 36.6 Å². The number of benzene rings is 2. The lowest BCUT2D eigenvalue weighted by atomic mass is 10.0. The molecule has 1 aliphatic heterocycles. The Morgan fingerprint density at radius 1 is 1.09 bits per heavy atom. The largest absolute Gasteiger partial charge is 0.497 e. The molecular formula is C24H30N2O5S. The molecule has 172 valence electrons. The monoisotopic (exact) mass is 458 g/mol. The Balaban J connectivity index is 1.33. The second kappa shape index (κ2) is 10.0. The lowest BCUT2D eigenvalue weighted by molar-refractivity contribution is -0.122. The van der Waals surface area contributed by atoms with Crippen molar-refractivity contribution in [2.75, 3.05) is 33.4 Å². The number of morpholine rings is 1. The first kappa shape index (κ1) is 22.8. The maximum atomic E-state index is 12.7. The van der Waals surface area contributed by atoms with Crippen molar-refractivity contribution in [1.29, 1.82) is 0 Å². The van der Waals surface area contributed by atoms with Crippen molar-refractivity contribution in [3.8, 4) is 5.75 Å². The van der Waals surface area contributed by atoms with Gasteiger partial charge in [0.05, 0.1) is 31.3 Å². The summed E-state index contributed by atoms with van der Waals surface area (Å²) < 4.78 is 37.4. The first-order chi connectivity index (χ1) is 15.5. The predicted octanol–water partition coefficient (Wildman–Crippen LogP) is 2.92. The molecule has 2 aliphatic rings. The van der Waals surface area contributed by atoms with Crippen molar-refractivity contribution < 1.29 is 22.7 Å². The molecule has 2 aromatic rings. The van der Waals surface area contributed by atoms with Gasteiger partial charge in [-0.2, -0.15) is 4.31 Å². The Kier molecular flexibility index (Phi) is 7.13. The summed E-state index contributed by atoms with van der Waals surface area (Å²) in [6, 6.07) is 14.7. The Labute approximate surface area is 189 Å². The van der Waals surface area contributed by atoms with Crippen LogP contribution >= 0.6 is 0 Å². The van der Waals surface area contributed by atoms with E-state index in [1.807, 2.05) is 24.3 Å². The van der Waals surface area contributed by atoms with Gasteiger partial charge in [0.1, 0.15) is 5.75 Å². The number of hydrogen-bond acceptors (Lipinski definition) is 5. The number of nitrogens with zero attached hydrogens (tertiary/aromatic N) is 1. The fourth-order valence-corrected chi connectivity index (χ4v) is 5.39. The van der Waals surface area contributed by atoms with Crippen LogP contribution in [0.1, 0.15) is 36.4 Å². The standard InChI is InChI=1S/C24H30N2O5S/c1-30-21-9-7-20(8-10-21)24(19-5-6-19)25-23(27)13-4-18-2-11-22(12-3-18)32(28,29)26-14-16-31-17-15-26/h2-3,7-12,19,24H,4-6,13-17H2,1H3,(H,25,27). The van der Waals surface area contributed by atoms with Crippen LogP contribution in [-0.4, -0.2) is 52.0 Å². The number of rotatable bonds is 9. The Morgan fingerprint density at radius 2 is 1.75 bits per heavy atom. The highest BCUT2D eigenvalue weighted by Crippen LogP contribution is 2.41. The van der Waals surface area contributed by atoms with Gasteiger partial charge in [0.25, 0.3) is 0 Å². The smallest absolute Gasteiger partial charge is 0.243 e. The average Bonchev–Trinajstić information content (AvgIpc) is 3.67. The first-order valence-corrected chi connectivity index (χ1v) is 12.5. The number of nitrogens with one attached hydrogen (secondary N) is 1. The molecule has 1 saturated heterocycles. The molecule has 1 saturated carbocycles. The molecule has 1 heterocycles. The Bertz CT molecular complexity index is 1010. The number of sulfonamides is 1. The van der Waals surface area contributed by atoms with E-state index < -0.39 is 10.0 Å². The molecule has 1 N–H and O–H groups in total. The zero-order valence-corrected chi connectivity index (χ0v) is 19.1. The Morgan fingerprint density at radius 3 is 2.34 bits per heavy atom. The van der Waals surface area contributed by atoms with Crippen molar-refractivity contribution in [2.24, 2.45) is 5.92 Å². The molecule has 7 nitrogen and oxygen atoms in total. The molecule has 0 aromatic heterocycles. The molecule has 0 spiro atoms. The number of amides is 1. The van der Waals surface area contributed by atoms with Crippen LogP contribution in [0.15, 0.2) is 53.4 Å². The van der Waals surface area contributed by atoms with Gasteiger partial charge in [-0.25, -0.2) is 8.42 Å². The molecule has 1 atom stereocenters. The van der Waals surface area contributed by atoms with Crippen LogP contribution < -0.4 is 10.1 Å². The minimum absolute atomic E-state index is 0.00253. The molecule has 8 heteroatoms. The normalized spacial score (nSPS) is 18.2. The van der Waals surface area contributed by atoms with E-state index in [1.54, 1.807) is 31.4 Å². The molecule has 4 rings (SSSR count). The fraction of sp³-hybridized carbons (Fsp3) is 0.458. The summed E-state index contributed by atoms with van der Waals surface area (Å²) in [6.45, 7) is 1.59. The molecule has 2 fully saturated rings. The van der Waals surface area contributed by atoms with Crippen molar-refractivity contribution >= 4 is 15.9 Å². The maximum Gasteiger partial charge on any atom is 0.243 e. The summed E-state index contributed by atoms with van der Waals surface area (Å²) in [7, 11) is -1.86. The summed E-state index contributed by atoms with van der Waals surface area (Å²) in [6.07, 6.45) is 3.16. The van der Waals surface area contributed by atoms with Gasteiger partial charge in [0.2, 0.25) is 15.9 Å². The molecule has 32 heavy (non-hydrogen) atoms. The van der Waals surface area contributed by atoms with Crippen LogP contribution in [0, 0.1) is 5.92 Å². The van der Waals surface area contributed by atoms with Gasteiger partial charge in [-0.15, -0.1) is 0 Å². The molecule has 1 unspecified atom stereocenters. The van der Waals surface area contributed by atoms with E-state index in [9.17, 15) is 13.2 Å². The molecular weight excluding hydrogens is 428 g/mol. The van der Waals surface area contributed by atoms with Crippen LogP contribution in [-0.2, 0) is 26.0 Å². The van der Waals surface area contributed by atoms with Crippen molar-refractivity contribution in [3.63, 3.8) is 0 Å². The van der Waals surface area contributed by atoms with Crippen molar-refractivity contribution in [3.05, 3.63) is 59.7 Å². The van der Waals surface area contributed by atoms with E-state index in [2.05, 4.69) is 5.32 Å². The fourth-order valence-electron chi connectivity index (χ4n) is 3.98. The summed E-state index contributed by atoms with van der Waals surface area (Å²) in [4.78, 5) is 12.9. The van der Waals surface area contributed by atoms with E-state index in [1.165, 1.54) is 4.31 Å². The molecule has 1 aliphatic carbocycles. The number of carbonyl (C=O) groups excluding carboxylic acids is 1. The van der Waals surface area contributed by atoms with Crippen molar-refractivity contribution in [1.82, 2.24) is 9.62 Å². The second-order valence-corrected chi connectivity index (χ2v) is 10.3. The number of ether oxygens (including phenoxy) is 2. The highest BCUT2D eigenvalue weighted by atomic mass is 32.2. The van der Waals surface area contributed by atoms with Crippen LogP contribution in [0.25, 0.3) is 0 Å². The van der Waals surface area contributed by atoms with Crippen LogP contribution in [0.4, 0.5) is 0 Å². The Hall–Kier alpha value is -2.42. The minimum Gasteiger partial charge on any atom is -0.497 e. The van der Waals surface area contributed by atoms with Gasteiger partial charge in [-0.05, 0) is 60.6 Å². The topological polar surface area (TPSA) is 84.9 Å². The second-order valence-electron chi connectivity index (χ2n) is 8.32. The first-order valence-electron chi connectivity index (χ1n) is 11.1. The van der Waals surface area contributed by atoms with E-state index >= 15 is 0 Å². The lowest BCUT2D eigenvalue weighted by Gasteiger charge is -2.26. The van der Waals surface area contributed by atoms with E-state index in [0.717, 1.165) is 29.7 Å². The van der Waals surface area contributed by atoms with Crippen LogP contribution in [0.2, 0.25) is 0 Å². The third kappa shape index (κ3) is 5.49. The van der Waals surface area contributed by atoms with Gasteiger partial charge < -0.3 is 14.8 Å². The van der Waals surface area contributed by atoms with Gasteiger partial charge >= 0.3 is 0 Å². The molecule has 0 bridgehead atoms. The van der Waals surface area contributed by atoms with Crippen LogP contribution in [0.3, 0.4) is 0 Å². The van der Waals surface area contributed by atoms with Gasteiger partial charge in [0, 0.05) is 19.5 Å². The zero-order valence-electron chi connectivity index (χ0n) is 18.3. The van der Waals surface area contributed by atoms with Gasteiger partial charge in [-0.3, -0.25) is 4.79 Å². The third-order valence-corrected chi connectivity index (χ3v) is 7.97. The zero-order chi connectivity index (χ0) is 22.6. The lowest BCUT2D eigenvalue weighted by Crippen LogP contribution is -2.40. The maximum absolute atomic E-state index is 12.7. The highest BCUT2D eigenvalue weighted by molar-refractivity contribution is 7.89. The highest BCUT2D eigenvalue weighted by Gasteiger charge is 2.33. The number of hydrogen-bond donors (Lipinski definition) is 1. The number of carbonyl (C=O) groups is 1. The summed E-state index contributed by atoms with van der Waals surface area (Å²) in [5, 5.41) is 3.19. The van der Waals surface area contributed by atoms with Gasteiger partial charge in [0.15, 0.2) is 0 Å². The van der Waals surface area contributed by atoms with Crippen LogP contribution in [0.5, 0.6) is 5.75 Å². The number of methoxy groups -OCH3 is 1. The predicted molar refractivity (Wildman–Crippen MR) is 121 cm³/mol. The van der Waals surface area contributed by atoms with E-state index in [-0.39, 0.29) is 16.8 Å². The quantitative estimate of drug-likeness (QED) is 0.625. The number of aryl methyl sites for hydroxylation is 1. The third-order valence-electron chi connectivity index (χ3n) is 6.06.